The lowest BCUT2D eigenvalue weighted by atomic mass is 9.84. The molecule has 0 radical (unpaired) electrons. The lowest BCUT2D eigenvalue weighted by molar-refractivity contribution is -0.427. The molecule has 2 rings (SSSR count). The molecule has 1 nitrogen and oxygen atoms in total. The van der Waals surface area contributed by atoms with Gasteiger partial charge in [-0.15, -0.1) is 0 Å². The van der Waals surface area contributed by atoms with Gasteiger partial charge in [0.25, 0.3) is 0 Å². The normalized spacial score (nSPS) is 33.0. The third kappa shape index (κ3) is 0.983. The van der Waals surface area contributed by atoms with Crippen LogP contribution in [0.15, 0.2) is 0 Å². The van der Waals surface area contributed by atoms with Crippen molar-refractivity contribution in [1.82, 2.24) is 0 Å². The molecule has 2 saturated carbocycles. The summed E-state index contributed by atoms with van der Waals surface area (Å²) in [5.74, 6) is 0. The first-order valence-corrected chi connectivity index (χ1v) is 4.14. The Bertz CT molecular complexity index is 106. The van der Waals surface area contributed by atoms with E-state index >= 15 is 0 Å². The Hall–Kier alpha value is -0.0400. The minimum Gasteiger partial charge on any atom is -0.355 e. The topological polar surface area (TPSA) is 27.6 Å². The second-order valence-electron chi connectivity index (χ2n) is 3.94. The van der Waals surface area contributed by atoms with Gasteiger partial charge in [-0.25, -0.2) is 0 Å². The van der Waals surface area contributed by atoms with Gasteiger partial charge < -0.3 is 5.73 Å². The standard InChI is InChI=1S/C8H15N/c9-7-1-3-8(4-2-7)5-6-8/h7H,1-6,9H2/p+1. The highest BCUT2D eigenvalue weighted by Gasteiger charge is 2.44. The lowest BCUT2D eigenvalue weighted by Gasteiger charge is -2.23. The zero-order valence-corrected chi connectivity index (χ0v) is 6.03. The molecule has 2 aliphatic rings. The molecule has 0 aromatic carbocycles. The molecule has 0 unspecified atom stereocenters. The first-order chi connectivity index (χ1) is 4.31. The quantitative estimate of drug-likeness (QED) is 0.500. The molecule has 0 aliphatic heterocycles. The van der Waals surface area contributed by atoms with E-state index in [1.807, 2.05) is 0 Å². The van der Waals surface area contributed by atoms with Crippen LogP contribution in [0.3, 0.4) is 0 Å². The van der Waals surface area contributed by atoms with Crippen LogP contribution in [0, 0.1) is 5.41 Å². The van der Waals surface area contributed by atoms with Crippen LogP contribution >= 0.6 is 0 Å². The van der Waals surface area contributed by atoms with Gasteiger partial charge >= 0.3 is 0 Å². The molecule has 3 N–H and O–H groups in total. The summed E-state index contributed by atoms with van der Waals surface area (Å²) in [5, 5.41) is 0. The number of quaternary nitrogens is 1. The molecule has 0 saturated heterocycles. The fraction of sp³-hybridized carbons (Fsp3) is 1.00. The molecule has 0 aromatic heterocycles. The van der Waals surface area contributed by atoms with Crippen molar-refractivity contribution in [2.24, 2.45) is 5.41 Å². The van der Waals surface area contributed by atoms with E-state index in [0.29, 0.717) is 0 Å². The van der Waals surface area contributed by atoms with Crippen molar-refractivity contribution in [2.75, 3.05) is 0 Å². The minimum atomic E-state index is 0.788. The largest absolute Gasteiger partial charge is 0.355 e. The van der Waals surface area contributed by atoms with E-state index in [9.17, 15) is 0 Å². The second-order valence-corrected chi connectivity index (χ2v) is 3.94. The van der Waals surface area contributed by atoms with Crippen molar-refractivity contribution in [3.63, 3.8) is 0 Å². The molecule has 0 aromatic rings. The van der Waals surface area contributed by atoms with Gasteiger partial charge in [0.05, 0.1) is 6.04 Å². The number of hydrogen-bond acceptors (Lipinski definition) is 0. The van der Waals surface area contributed by atoms with Gasteiger partial charge in [-0.3, -0.25) is 0 Å². The summed E-state index contributed by atoms with van der Waals surface area (Å²) in [6.07, 6.45) is 8.84. The lowest BCUT2D eigenvalue weighted by Crippen LogP contribution is -2.61. The smallest absolute Gasteiger partial charge is 0.0844 e. The van der Waals surface area contributed by atoms with Gasteiger partial charge in [0.15, 0.2) is 0 Å². The van der Waals surface area contributed by atoms with Gasteiger partial charge in [-0.1, -0.05) is 0 Å². The number of hydrogen-bond donors (Lipinski definition) is 1. The molecular weight excluding hydrogens is 110 g/mol. The summed E-state index contributed by atoms with van der Waals surface area (Å²) in [7, 11) is 0. The van der Waals surface area contributed by atoms with Crippen molar-refractivity contribution in [3.05, 3.63) is 0 Å². The van der Waals surface area contributed by atoms with Crippen LogP contribution in [-0.4, -0.2) is 6.04 Å². The molecule has 9 heavy (non-hydrogen) atoms. The average molecular weight is 126 g/mol. The fourth-order valence-electron chi connectivity index (χ4n) is 1.97. The fourth-order valence-corrected chi connectivity index (χ4v) is 1.97. The van der Waals surface area contributed by atoms with Gasteiger partial charge in [-0.2, -0.15) is 0 Å². The van der Waals surface area contributed by atoms with Crippen molar-refractivity contribution in [3.8, 4) is 0 Å². The Morgan fingerprint density at radius 1 is 1.00 bits per heavy atom. The van der Waals surface area contributed by atoms with E-state index in [0.717, 1.165) is 11.5 Å². The number of rotatable bonds is 0. The third-order valence-electron chi connectivity index (χ3n) is 3.12. The highest BCUT2D eigenvalue weighted by Crippen LogP contribution is 2.55. The highest BCUT2D eigenvalue weighted by atomic mass is 14.7. The zero-order valence-electron chi connectivity index (χ0n) is 6.03. The van der Waals surface area contributed by atoms with Crippen LogP contribution < -0.4 is 5.73 Å². The molecular formula is C8H16N+. The molecule has 1 heteroatoms. The van der Waals surface area contributed by atoms with E-state index in [1.165, 1.54) is 38.5 Å². The van der Waals surface area contributed by atoms with E-state index in [2.05, 4.69) is 5.73 Å². The maximum atomic E-state index is 4.09. The summed E-state index contributed by atoms with van der Waals surface area (Å²) in [6, 6.07) is 0.788. The highest BCUT2D eigenvalue weighted by molar-refractivity contribution is 4.95. The summed E-state index contributed by atoms with van der Waals surface area (Å²) in [6.45, 7) is 0. The maximum Gasteiger partial charge on any atom is 0.0844 e. The van der Waals surface area contributed by atoms with Gasteiger partial charge in [0, 0.05) is 0 Å². The molecule has 0 bridgehead atoms. The molecule has 0 heterocycles. The Kier molecular flexibility index (Phi) is 1.10. The third-order valence-corrected chi connectivity index (χ3v) is 3.12. The van der Waals surface area contributed by atoms with Gasteiger partial charge in [-0.05, 0) is 43.9 Å². The first-order valence-electron chi connectivity index (χ1n) is 4.14. The summed E-state index contributed by atoms with van der Waals surface area (Å²) >= 11 is 0. The Morgan fingerprint density at radius 3 is 2.00 bits per heavy atom. The predicted octanol–water partition coefficient (Wildman–Crippen LogP) is 0.951. The summed E-state index contributed by atoms with van der Waals surface area (Å²) < 4.78 is 0. The first kappa shape index (κ1) is 5.72. The molecule has 0 atom stereocenters. The van der Waals surface area contributed by atoms with Crippen molar-refractivity contribution < 1.29 is 5.73 Å². The molecule has 52 valence electrons. The maximum absolute atomic E-state index is 4.09. The molecule has 2 fully saturated rings. The molecule has 0 amide bonds. The van der Waals surface area contributed by atoms with E-state index < -0.39 is 0 Å². The van der Waals surface area contributed by atoms with Crippen LogP contribution in [0.5, 0.6) is 0 Å². The van der Waals surface area contributed by atoms with E-state index in [-0.39, 0.29) is 0 Å². The molecule has 1 spiro atoms. The Labute approximate surface area is 56.6 Å². The van der Waals surface area contributed by atoms with Crippen LogP contribution in [0.25, 0.3) is 0 Å². The minimum absolute atomic E-state index is 0.788. The van der Waals surface area contributed by atoms with E-state index in [1.54, 1.807) is 0 Å². The van der Waals surface area contributed by atoms with Crippen molar-refractivity contribution in [1.29, 1.82) is 0 Å². The van der Waals surface area contributed by atoms with Crippen molar-refractivity contribution in [2.45, 2.75) is 44.6 Å². The van der Waals surface area contributed by atoms with Gasteiger partial charge in [0.2, 0.25) is 0 Å². The van der Waals surface area contributed by atoms with Crippen LogP contribution in [0.2, 0.25) is 0 Å². The summed E-state index contributed by atoms with van der Waals surface area (Å²) in [4.78, 5) is 0. The second kappa shape index (κ2) is 1.72. The Morgan fingerprint density at radius 2 is 1.56 bits per heavy atom. The summed E-state index contributed by atoms with van der Waals surface area (Å²) in [5.41, 5.74) is 4.96. The van der Waals surface area contributed by atoms with Gasteiger partial charge in [0.1, 0.15) is 0 Å². The molecule has 2 aliphatic carbocycles. The van der Waals surface area contributed by atoms with Crippen molar-refractivity contribution >= 4 is 0 Å². The SMILES string of the molecule is [NH3+]C1CCC2(CC1)CC2. The van der Waals surface area contributed by atoms with Crippen LogP contribution in [0.1, 0.15) is 38.5 Å². The van der Waals surface area contributed by atoms with Crippen LogP contribution in [0.4, 0.5) is 0 Å². The zero-order chi connectivity index (χ0) is 6.32. The predicted molar refractivity (Wildman–Crippen MR) is 36.8 cm³/mol. The monoisotopic (exact) mass is 126 g/mol. The Balaban J connectivity index is 1.91. The average Bonchev–Trinajstić information content (AvgIpc) is 2.60. The van der Waals surface area contributed by atoms with E-state index in [4.69, 9.17) is 0 Å². The van der Waals surface area contributed by atoms with Crippen LogP contribution in [-0.2, 0) is 0 Å².